The first-order chi connectivity index (χ1) is 11.1. The van der Waals surface area contributed by atoms with Gasteiger partial charge in [-0.1, -0.05) is 6.92 Å². The summed E-state index contributed by atoms with van der Waals surface area (Å²) in [4.78, 5) is 14.4. The van der Waals surface area contributed by atoms with Crippen LogP contribution in [0.2, 0.25) is 0 Å². The lowest BCUT2D eigenvalue weighted by Gasteiger charge is -2.31. The van der Waals surface area contributed by atoms with Crippen molar-refractivity contribution in [1.29, 1.82) is 0 Å². The molecule has 0 aromatic heterocycles. The van der Waals surface area contributed by atoms with Crippen LogP contribution in [0.1, 0.15) is 54.4 Å². The minimum absolute atomic E-state index is 0.0150. The van der Waals surface area contributed by atoms with Crippen molar-refractivity contribution in [2.24, 2.45) is 5.92 Å². The molecule has 2 fully saturated rings. The fraction of sp³-hybridized carbons (Fsp3) is 0.611. The molecule has 1 atom stereocenters. The highest BCUT2D eigenvalue weighted by Gasteiger charge is 2.26. The zero-order valence-electron chi connectivity index (χ0n) is 13.6. The molecule has 0 radical (unpaired) electrons. The van der Waals surface area contributed by atoms with Crippen LogP contribution in [0.3, 0.4) is 0 Å². The largest absolute Gasteiger partial charge is 0.338 e. The first-order valence-corrected chi connectivity index (χ1v) is 8.55. The van der Waals surface area contributed by atoms with Crippen LogP contribution in [0, 0.1) is 17.6 Å². The van der Waals surface area contributed by atoms with Gasteiger partial charge >= 0.3 is 0 Å². The van der Waals surface area contributed by atoms with Gasteiger partial charge in [-0.05, 0) is 68.3 Å². The van der Waals surface area contributed by atoms with E-state index in [1.54, 1.807) is 11.0 Å². The Morgan fingerprint density at radius 2 is 1.96 bits per heavy atom. The summed E-state index contributed by atoms with van der Waals surface area (Å²) >= 11 is 0. The van der Waals surface area contributed by atoms with Gasteiger partial charge in [0.25, 0.3) is 5.91 Å². The van der Waals surface area contributed by atoms with Gasteiger partial charge in [-0.25, -0.2) is 8.78 Å². The van der Waals surface area contributed by atoms with E-state index >= 15 is 0 Å². The van der Waals surface area contributed by atoms with Crippen LogP contribution < -0.4 is 5.32 Å². The van der Waals surface area contributed by atoms with E-state index in [2.05, 4.69) is 12.2 Å². The van der Waals surface area contributed by atoms with Crippen molar-refractivity contribution >= 4 is 5.91 Å². The number of piperidine rings is 2. The Kier molecular flexibility index (Phi) is 4.95. The average Bonchev–Trinajstić information content (AvgIpc) is 2.57. The number of hydrogen-bond donors (Lipinski definition) is 1. The number of hydrogen-bond acceptors (Lipinski definition) is 2. The van der Waals surface area contributed by atoms with Crippen molar-refractivity contribution in [3.63, 3.8) is 0 Å². The molecule has 2 saturated heterocycles. The molecule has 23 heavy (non-hydrogen) atoms. The maximum absolute atomic E-state index is 14.2. The van der Waals surface area contributed by atoms with Gasteiger partial charge in [0.15, 0.2) is 11.6 Å². The summed E-state index contributed by atoms with van der Waals surface area (Å²) in [6, 6.07) is 2.64. The molecular weight excluding hydrogens is 298 g/mol. The second kappa shape index (κ2) is 6.95. The number of carbonyl (C=O) groups excluding carboxylic acids is 1. The predicted octanol–water partition coefficient (Wildman–Crippen LogP) is 3.30. The van der Waals surface area contributed by atoms with Gasteiger partial charge in [0.2, 0.25) is 0 Å². The van der Waals surface area contributed by atoms with Crippen LogP contribution in [0.15, 0.2) is 12.1 Å². The van der Waals surface area contributed by atoms with Gasteiger partial charge in [-0.2, -0.15) is 0 Å². The molecule has 0 saturated carbocycles. The van der Waals surface area contributed by atoms with E-state index in [-0.39, 0.29) is 17.4 Å². The van der Waals surface area contributed by atoms with E-state index < -0.39 is 11.6 Å². The summed E-state index contributed by atoms with van der Waals surface area (Å²) in [5.74, 6) is -1.43. The molecule has 2 aliphatic rings. The number of nitrogens with zero attached hydrogens (tertiary/aromatic N) is 1. The van der Waals surface area contributed by atoms with Crippen molar-refractivity contribution < 1.29 is 13.6 Å². The monoisotopic (exact) mass is 322 g/mol. The second-order valence-electron chi connectivity index (χ2n) is 6.88. The second-order valence-corrected chi connectivity index (χ2v) is 6.88. The Hall–Kier alpha value is -1.49. The predicted molar refractivity (Wildman–Crippen MR) is 85.5 cm³/mol. The molecule has 126 valence electrons. The molecule has 1 aromatic rings. The molecular formula is C18H24F2N2O. The van der Waals surface area contributed by atoms with Gasteiger partial charge < -0.3 is 10.2 Å². The SMILES string of the molecule is CC1CCCN(C(=O)c2cc(F)c(F)c(C3CCNCC3)c2)C1. The van der Waals surface area contributed by atoms with Gasteiger partial charge in [0.1, 0.15) is 0 Å². The van der Waals surface area contributed by atoms with Crippen LogP contribution in [-0.2, 0) is 0 Å². The van der Waals surface area contributed by atoms with Crippen molar-refractivity contribution in [3.8, 4) is 0 Å². The van der Waals surface area contributed by atoms with Crippen molar-refractivity contribution in [1.82, 2.24) is 10.2 Å². The summed E-state index contributed by atoms with van der Waals surface area (Å²) < 4.78 is 28.3. The molecule has 5 heteroatoms. The Bertz CT molecular complexity index is 585. The van der Waals surface area contributed by atoms with Crippen LogP contribution in [0.5, 0.6) is 0 Å². The molecule has 1 N–H and O–H groups in total. The summed E-state index contributed by atoms with van der Waals surface area (Å²) in [7, 11) is 0. The van der Waals surface area contributed by atoms with Crippen molar-refractivity contribution in [3.05, 3.63) is 34.9 Å². The summed E-state index contributed by atoms with van der Waals surface area (Å²) in [5, 5.41) is 3.22. The molecule has 2 heterocycles. The zero-order valence-corrected chi connectivity index (χ0v) is 13.6. The highest BCUT2D eigenvalue weighted by Crippen LogP contribution is 2.30. The lowest BCUT2D eigenvalue weighted by atomic mass is 9.88. The van der Waals surface area contributed by atoms with Crippen molar-refractivity contribution in [2.45, 2.75) is 38.5 Å². The third-order valence-corrected chi connectivity index (χ3v) is 5.03. The number of nitrogens with one attached hydrogen (secondary N) is 1. The van der Waals surface area contributed by atoms with Gasteiger partial charge in [0, 0.05) is 18.7 Å². The minimum atomic E-state index is -0.908. The van der Waals surface area contributed by atoms with Crippen LogP contribution in [-0.4, -0.2) is 37.0 Å². The molecule has 1 unspecified atom stereocenters. The zero-order chi connectivity index (χ0) is 16.4. The topological polar surface area (TPSA) is 32.3 Å². The third kappa shape index (κ3) is 3.55. The van der Waals surface area contributed by atoms with Crippen LogP contribution in [0.25, 0.3) is 0 Å². The quantitative estimate of drug-likeness (QED) is 0.906. The number of rotatable bonds is 2. The summed E-state index contributed by atoms with van der Waals surface area (Å²) in [6.07, 6.45) is 3.63. The fourth-order valence-electron chi connectivity index (χ4n) is 3.72. The highest BCUT2D eigenvalue weighted by atomic mass is 19.2. The van der Waals surface area contributed by atoms with Crippen LogP contribution in [0.4, 0.5) is 8.78 Å². The first-order valence-electron chi connectivity index (χ1n) is 8.55. The number of benzene rings is 1. The number of likely N-dealkylation sites (tertiary alicyclic amines) is 1. The third-order valence-electron chi connectivity index (χ3n) is 5.03. The lowest BCUT2D eigenvalue weighted by molar-refractivity contribution is 0.0682. The average molecular weight is 322 g/mol. The van der Waals surface area contributed by atoms with E-state index in [1.165, 1.54) is 0 Å². The number of amides is 1. The van der Waals surface area contributed by atoms with Gasteiger partial charge in [-0.15, -0.1) is 0 Å². The Morgan fingerprint density at radius 3 is 2.65 bits per heavy atom. The smallest absolute Gasteiger partial charge is 0.253 e. The van der Waals surface area contributed by atoms with E-state index in [1.807, 2.05) is 0 Å². The molecule has 2 aliphatic heterocycles. The maximum Gasteiger partial charge on any atom is 0.253 e. The van der Waals surface area contributed by atoms with Crippen LogP contribution >= 0.6 is 0 Å². The summed E-state index contributed by atoms with van der Waals surface area (Å²) in [6.45, 7) is 5.11. The molecule has 0 bridgehead atoms. The molecule has 3 rings (SSSR count). The number of halogens is 2. The Morgan fingerprint density at radius 1 is 1.22 bits per heavy atom. The molecule has 1 amide bonds. The molecule has 3 nitrogen and oxygen atoms in total. The Labute approximate surface area is 136 Å². The maximum atomic E-state index is 14.2. The van der Waals surface area contributed by atoms with Gasteiger partial charge in [0.05, 0.1) is 0 Å². The van der Waals surface area contributed by atoms with E-state index in [9.17, 15) is 13.6 Å². The first kappa shape index (κ1) is 16.4. The molecule has 1 aromatic carbocycles. The fourth-order valence-corrected chi connectivity index (χ4v) is 3.72. The van der Waals surface area contributed by atoms with Gasteiger partial charge in [-0.3, -0.25) is 4.79 Å². The van der Waals surface area contributed by atoms with E-state index in [0.717, 1.165) is 44.8 Å². The summed E-state index contributed by atoms with van der Waals surface area (Å²) in [5.41, 5.74) is 0.645. The van der Waals surface area contributed by atoms with E-state index in [4.69, 9.17) is 0 Å². The Balaban J connectivity index is 1.87. The minimum Gasteiger partial charge on any atom is -0.338 e. The highest BCUT2D eigenvalue weighted by molar-refractivity contribution is 5.94. The lowest BCUT2D eigenvalue weighted by Crippen LogP contribution is -2.39. The number of carbonyl (C=O) groups is 1. The molecule has 0 spiro atoms. The van der Waals surface area contributed by atoms with Crippen molar-refractivity contribution in [2.75, 3.05) is 26.2 Å². The normalized spacial score (nSPS) is 23.1. The van der Waals surface area contributed by atoms with E-state index in [0.29, 0.717) is 24.6 Å². The standard InChI is InChI=1S/C18H24F2N2O/c1-12-3-2-8-22(11-12)18(23)14-9-15(17(20)16(19)10-14)13-4-6-21-7-5-13/h9-10,12-13,21H,2-8,11H2,1H3. The molecule has 0 aliphatic carbocycles.